The molecule has 6 heteroatoms. The molecule has 0 fully saturated rings. The van der Waals surface area contributed by atoms with Crippen LogP contribution in [0, 0.1) is 10.5 Å². The van der Waals surface area contributed by atoms with Gasteiger partial charge in [-0.25, -0.2) is 5.43 Å². The molecule has 0 atom stereocenters. The van der Waals surface area contributed by atoms with E-state index in [2.05, 4.69) is 33.1 Å². The summed E-state index contributed by atoms with van der Waals surface area (Å²) in [6.07, 6.45) is 1.40. The van der Waals surface area contributed by atoms with Gasteiger partial charge in [0.1, 0.15) is 17.3 Å². The molecule has 0 saturated heterocycles. The van der Waals surface area contributed by atoms with Gasteiger partial charge in [-0.05, 0) is 59.8 Å². The van der Waals surface area contributed by atoms with Gasteiger partial charge in [-0.3, -0.25) is 4.79 Å². The zero-order chi connectivity index (χ0) is 13.8. The van der Waals surface area contributed by atoms with Crippen molar-refractivity contribution in [3.63, 3.8) is 0 Å². The minimum Gasteiger partial charge on any atom is -0.507 e. The summed E-state index contributed by atoms with van der Waals surface area (Å²) >= 11 is 2.06. The Bertz CT molecular complexity index is 635. The SMILES string of the molecule is Cc1ccc(/C=N/NC(=O)c2cc(I)ccc2O)o1. The highest BCUT2D eigenvalue weighted by atomic mass is 127. The van der Waals surface area contributed by atoms with E-state index in [1.807, 2.05) is 6.92 Å². The number of halogens is 1. The van der Waals surface area contributed by atoms with Crippen molar-refractivity contribution >= 4 is 34.7 Å². The Morgan fingerprint density at radius 1 is 1.42 bits per heavy atom. The molecule has 0 spiro atoms. The van der Waals surface area contributed by atoms with E-state index in [0.717, 1.165) is 9.33 Å². The minimum atomic E-state index is -0.476. The van der Waals surface area contributed by atoms with Gasteiger partial charge in [-0.15, -0.1) is 0 Å². The molecule has 1 aromatic carbocycles. The number of benzene rings is 1. The average Bonchev–Trinajstić information content (AvgIpc) is 2.78. The lowest BCUT2D eigenvalue weighted by Gasteiger charge is -2.03. The third kappa shape index (κ3) is 3.57. The first-order valence-electron chi connectivity index (χ1n) is 5.44. The molecule has 0 aliphatic carbocycles. The van der Waals surface area contributed by atoms with Crippen molar-refractivity contribution in [1.82, 2.24) is 5.43 Å². The summed E-state index contributed by atoms with van der Waals surface area (Å²) in [5.41, 5.74) is 2.51. The molecule has 0 unspecified atom stereocenters. The Hall–Kier alpha value is -1.83. The van der Waals surface area contributed by atoms with Crippen LogP contribution in [0.1, 0.15) is 21.9 Å². The van der Waals surface area contributed by atoms with Crippen LogP contribution in [0.25, 0.3) is 0 Å². The van der Waals surface area contributed by atoms with E-state index < -0.39 is 5.91 Å². The Morgan fingerprint density at radius 2 is 2.21 bits per heavy atom. The van der Waals surface area contributed by atoms with Crippen LogP contribution in [-0.2, 0) is 0 Å². The van der Waals surface area contributed by atoms with Crippen molar-refractivity contribution in [2.24, 2.45) is 5.10 Å². The largest absolute Gasteiger partial charge is 0.507 e. The lowest BCUT2D eigenvalue weighted by atomic mass is 10.2. The molecule has 2 rings (SSSR count). The molecule has 0 aliphatic heterocycles. The number of aromatic hydroxyl groups is 1. The first-order valence-corrected chi connectivity index (χ1v) is 6.52. The van der Waals surface area contributed by atoms with Crippen molar-refractivity contribution in [3.05, 3.63) is 51.0 Å². The number of nitrogens with one attached hydrogen (secondary N) is 1. The van der Waals surface area contributed by atoms with Crippen LogP contribution in [0.4, 0.5) is 0 Å². The molecule has 0 radical (unpaired) electrons. The lowest BCUT2D eigenvalue weighted by molar-refractivity contribution is 0.0952. The van der Waals surface area contributed by atoms with E-state index in [-0.39, 0.29) is 11.3 Å². The van der Waals surface area contributed by atoms with Gasteiger partial charge in [0.05, 0.1) is 11.8 Å². The van der Waals surface area contributed by atoms with Crippen LogP contribution >= 0.6 is 22.6 Å². The van der Waals surface area contributed by atoms with Crippen molar-refractivity contribution in [2.45, 2.75) is 6.92 Å². The van der Waals surface area contributed by atoms with Crippen LogP contribution in [0.5, 0.6) is 5.75 Å². The molecule has 2 N–H and O–H groups in total. The van der Waals surface area contributed by atoms with E-state index in [9.17, 15) is 9.90 Å². The molecule has 1 heterocycles. The molecule has 0 bridgehead atoms. The number of carbonyl (C=O) groups excluding carboxylic acids is 1. The predicted molar refractivity (Wildman–Crippen MR) is 79.3 cm³/mol. The molecule has 1 amide bonds. The number of nitrogens with zero attached hydrogens (tertiary/aromatic N) is 1. The molecule has 98 valence electrons. The topological polar surface area (TPSA) is 74.8 Å². The number of rotatable bonds is 3. The second kappa shape index (κ2) is 5.87. The Labute approximate surface area is 123 Å². The van der Waals surface area contributed by atoms with Gasteiger partial charge in [-0.2, -0.15) is 5.10 Å². The van der Waals surface area contributed by atoms with E-state index in [4.69, 9.17) is 4.42 Å². The second-order valence-corrected chi connectivity index (χ2v) is 5.05. The maximum absolute atomic E-state index is 11.8. The van der Waals surface area contributed by atoms with Crippen molar-refractivity contribution < 1.29 is 14.3 Å². The van der Waals surface area contributed by atoms with Crippen LogP contribution in [-0.4, -0.2) is 17.2 Å². The highest BCUT2D eigenvalue weighted by Gasteiger charge is 2.10. The van der Waals surface area contributed by atoms with Crippen molar-refractivity contribution in [2.75, 3.05) is 0 Å². The minimum absolute atomic E-state index is 0.0815. The highest BCUT2D eigenvalue weighted by Crippen LogP contribution is 2.19. The number of hydrogen-bond donors (Lipinski definition) is 2. The summed E-state index contributed by atoms with van der Waals surface area (Å²) in [4.78, 5) is 11.8. The maximum Gasteiger partial charge on any atom is 0.275 e. The van der Waals surface area contributed by atoms with Gasteiger partial charge in [0.2, 0.25) is 0 Å². The zero-order valence-corrected chi connectivity index (χ0v) is 12.2. The molecule has 19 heavy (non-hydrogen) atoms. The molecule has 0 saturated carbocycles. The molecule has 2 aromatic rings. The molecular formula is C13H11IN2O3. The zero-order valence-electron chi connectivity index (χ0n) is 10.1. The number of amides is 1. The van der Waals surface area contributed by atoms with Crippen LogP contribution in [0.3, 0.4) is 0 Å². The van der Waals surface area contributed by atoms with E-state index in [0.29, 0.717) is 5.76 Å². The number of carbonyl (C=O) groups is 1. The van der Waals surface area contributed by atoms with Crippen molar-refractivity contribution in [1.29, 1.82) is 0 Å². The standard InChI is InChI=1S/C13H11IN2O3/c1-8-2-4-10(19-8)7-15-16-13(18)11-6-9(14)3-5-12(11)17/h2-7,17H,1H3,(H,16,18)/b15-7+. The third-order valence-corrected chi connectivity index (χ3v) is 2.99. The summed E-state index contributed by atoms with van der Waals surface area (Å²) < 4.78 is 6.12. The quantitative estimate of drug-likeness (QED) is 0.496. The first kappa shape index (κ1) is 13.6. The number of furan rings is 1. The van der Waals surface area contributed by atoms with Gasteiger partial charge in [0, 0.05) is 3.57 Å². The van der Waals surface area contributed by atoms with Crippen LogP contribution in [0.15, 0.2) is 39.9 Å². The fraction of sp³-hybridized carbons (Fsp3) is 0.0769. The summed E-state index contributed by atoms with van der Waals surface area (Å²) in [6, 6.07) is 8.30. The van der Waals surface area contributed by atoms with Gasteiger partial charge < -0.3 is 9.52 Å². The van der Waals surface area contributed by atoms with E-state index in [1.54, 1.807) is 24.3 Å². The summed E-state index contributed by atoms with van der Waals surface area (Å²) in [5.74, 6) is 0.755. The third-order valence-electron chi connectivity index (χ3n) is 2.32. The predicted octanol–water partition coefficient (Wildman–Crippen LogP) is 2.66. The fourth-order valence-electron chi connectivity index (χ4n) is 1.43. The van der Waals surface area contributed by atoms with Crippen LogP contribution < -0.4 is 5.43 Å². The number of phenolic OH excluding ortho intramolecular Hbond substituents is 1. The highest BCUT2D eigenvalue weighted by molar-refractivity contribution is 14.1. The summed E-state index contributed by atoms with van der Waals surface area (Å²) in [7, 11) is 0. The summed E-state index contributed by atoms with van der Waals surface area (Å²) in [5, 5.41) is 13.4. The van der Waals surface area contributed by atoms with E-state index >= 15 is 0 Å². The van der Waals surface area contributed by atoms with Gasteiger partial charge in [0.15, 0.2) is 0 Å². The molecule has 1 aromatic heterocycles. The Balaban J connectivity index is 2.05. The number of hydrazone groups is 1. The fourth-order valence-corrected chi connectivity index (χ4v) is 1.92. The lowest BCUT2D eigenvalue weighted by Crippen LogP contribution is -2.17. The van der Waals surface area contributed by atoms with Crippen LogP contribution in [0.2, 0.25) is 0 Å². The maximum atomic E-state index is 11.8. The van der Waals surface area contributed by atoms with Crippen molar-refractivity contribution in [3.8, 4) is 5.75 Å². The van der Waals surface area contributed by atoms with Gasteiger partial charge in [-0.1, -0.05) is 0 Å². The van der Waals surface area contributed by atoms with Gasteiger partial charge in [0.25, 0.3) is 5.91 Å². The molecule has 5 nitrogen and oxygen atoms in total. The second-order valence-electron chi connectivity index (χ2n) is 3.81. The normalized spacial score (nSPS) is 10.8. The number of hydrogen-bond acceptors (Lipinski definition) is 4. The summed E-state index contributed by atoms with van der Waals surface area (Å²) in [6.45, 7) is 1.82. The number of aryl methyl sites for hydroxylation is 1. The monoisotopic (exact) mass is 370 g/mol. The average molecular weight is 370 g/mol. The molecular weight excluding hydrogens is 359 g/mol. The van der Waals surface area contributed by atoms with Gasteiger partial charge >= 0.3 is 0 Å². The Morgan fingerprint density at radius 3 is 2.89 bits per heavy atom. The smallest absolute Gasteiger partial charge is 0.275 e. The van der Waals surface area contributed by atoms with E-state index in [1.165, 1.54) is 12.3 Å². The number of phenols is 1. The molecule has 0 aliphatic rings. The first-order chi connectivity index (χ1) is 9.06. The Kier molecular flexibility index (Phi) is 4.20.